The van der Waals surface area contributed by atoms with Gasteiger partial charge >= 0.3 is 0 Å². The molecule has 0 radical (unpaired) electrons. The number of sulfonamides is 1. The molecule has 10 heteroatoms. The molecule has 3 rings (SSSR count). The van der Waals surface area contributed by atoms with Gasteiger partial charge in [-0.05, 0) is 101 Å². The molecule has 0 heterocycles. The van der Waals surface area contributed by atoms with E-state index in [0.717, 1.165) is 21.0 Å². The van der Waals surface area contributed by atoms with Crippen LogP contribution >= 0.6 is 23.2 Å². The van der Waals surface area contributed by atoms with E-state index < -0.39 is 34.1 Å². The molecule has 0 aromatic heterocycles. The molecule has 1 atom stereocenters. The van der Waals surface area contributed by atoms with Crippen LogP contribution in [-0.2, 0) is 26.2 Å². The van der Waals surface area contributed by atoms with E-state index in [0.29, 0.717) is 27.7 Å². The first-order valence-electron chi connectivity index (χ1n) is 13.8. The summed E-state index contributed by atoms with van der Waals surface area (Å²) in [5.41, 5.74) is 3.16. The third-order valence-electron chi connectivity index (χ3n) is 6.91. The number of hydrogen-bond acceptors (Lipinski definition) is 4. The van der Waals surface area contributed by atoms with Crippen molar-refractivity contribution in [3.05, 3.63) is 93.0 Å². The Morgan fingerprint density at radius 2 is 1.55 bits per heavy atom. The average Bonchev–Trinajstić information content (AvgIpc) is 2.89. The molecule has 226 valence electrons. The van der Waals surface area contributed by atoms with Gasteiger partial charge in [0.15, 0.2) is 0 Å². The van der Waals surface area contributed by atoms with Crippen molar-refractivity contribution in [2.45, 2.75) is 77.9 Å². The second-order valence-electron chi connectivity index (χ2n) is 11.5. The molecule has 42 heavy (non-hydrogen) atoms. The number of nitrogens with zero attached hydrogens (tertiary/aromatic N) is 2. The van der Waals surface area contributed by atoms with E-state index >= 15 is 0 Å². The van der Waals surface area contributed by atoms with E-state index in [1.54, 1.807) is 49.4 Å². The molecular weight excluding hydrogens is 593 g/mol. The number of amides is 2. The SMILES string of the molecule is CCC(C(=O)NC(C)(C)C)N(Cc1ccc(Cl)cc1Cl)C(=O)CN(c1ccc(C)c(C)c1)S(=O)(=O)c1ccc(C)cc1. The number of benzene rings is 3. The summed E-state index contributed by atoms with van der Waals surface area (Å²) in [6, 6.07) is 15.8. The Morgan fingerprint density at radius 1 is 0.905 bits per heavy atom. The van der Waals surface area contributed by atoms with Crippen LogP contribution in [0, 0.1) is 20.8 Å². The highest BCUT2D eigenvalue weighted by atomic mass is 35.5. The highest BCUT2D eigenvalue weighted by molar-refractivity contribution is 7.92. The van der Waals surface area contributed by atoms with Crippen molar-refractivity contribution < 1.29 is 18.0 Å². The standard InChI is InChI=1S/C32H39Cl2N3O4S/c1-8-29(31(39)35-32(5,6)7)36(19-24-12-13-25(33)18-28(24)34)30(38)20-37(26-14-11-22(3)23(4)17-26)42(40,41)27-15-9-21(2)10-16-27/h9-18,29H,8,19-20H2,1-7H3,(H,35,39). The quantitative estimate of drug-likeness (QED) is 0.265. The fraction of sp³-hybridized carbons (Fsp3) is 0.375. The first-order chi connectivity index (χ1) is 19.5. The number of rotatable bonds is 10. The van der Waals surface area contributed by atoms with Crippen LogP contribution in [0.1, 0.15) is 56.4 Å². The lowest BCUT2D eigenvalue weighted by molar-refractivity contribution is -0.141. The molecule has 2 amide bonds. The third-order valence-corrected chi connectivity index (χ3v) is 9.28. The monoisotopic (exact) mass is 631 g/mol. The van der Waals surface area contributed by atoms with Gasteiger partial charge in [-0.25, -0.2) is 8.42 Å². The van der Waals surface area contributed by atoms with Crippen LogP contribution in [0.15, 0.2) is 65.6 Å². The van der Waals surface area contributed by atoms with E-state index in [4.69, 9.17) is 23.2 Å². The van der Waals surface area contributed by atoms with Gasteiger partial charge in [0.2, 0.25) is 11.8 Å². The first kappa shape index (κ1) is 33.4. The van der Waals surface area contributed by atoms with Crippen molar-refractivity contribution in [3.8, 4) is 0 Å². The lowest BCUT2D eigenvalue weighted by Crippen LogP contribution is -2.55. The molecule has 1 N–H and O–H groups in total. The minimum Gasteiger partial charge on any atom is -0.350 e. The minimum absolute atomic E-state index is 0.0176. The summed E-state index contributed by atoms with van der Waals surface area (Å²) in [5, 5.41) is 3.73. The fourth-order valence-electron chi connectivity index (χ4n) is 4.45. The lowest BCUT2D eigenvalue weighted by Gasteiger charge is -2.35. The van der Waals surface area contributed by atoms with Gasteiger partial charge in [-0.3, -0.25) is 13.9 Å². The Labute approximate surface area is 259 Å². The zero-order chi connectivity index (χ0) is 31.4. The number of nitrogens with one attached hydrogen (secondary N) is 1. The number of anilines is 1. The Hall–Kier alpha value is -3.07. The van der Waals surface area contributed by atoms with Gasteiger partial charge in [0, 0.05) is 22.1 Å². The highest BCUT2D eigenvalue weighted by Gasteiger charge is 2.35. The highest BCUT2D eigenvalue weighted by Crippen LogP contribution is 2.28. The zero-order valence-electron chi connectivity index (χ0n) is 25.2. The molecule has 3 aromatic rings. The van der Waals surface area contributed by atoms with Crippen molar-refractivity contribution in [1.29, 1.82) is 0 Å². The number of aryl methyl sites for hydroxylation is 3. The van der Waals surface area contributed by atoms with Crippen molar-refractivity contribution in [1.82, 2.24) is 10.2 Å². The third kappa shape index (κ3) is 8.27. The molecule has 3 aromatic carbocycles. The van der Waals surface area contributed by atoms with Crippen LogP contribution in [-0.4, -0.2) is 43.3 Å². The Kier molecular flexibility index (Phi) is 10.7. The van der Waals surface area contributed by atoms with Gasteiger partial charge in [0.05, 0.1) is 10.6 Å². The van der Waals surface area contributed by atoms with E-state index in [1.807, 2.05) is 47.6 Å². The summed E-state index contributed by atoms with van der Waals surface area (Å²) in [4.78, 5) is 29.2. The predicted molar refractivity (Wildman–Crippen MR) is 171 cm³/mol. The minimum atomic E-state index is -4.16. The summed E-state index contributed by atoms with van der Waals surface area (Å²) in [6.45, 7) is 12.5. The fourth-order valence-corrected chi connectivity index (χ4v) is 6.33. The van der Waals surface area contributed by atoms with Gasteiger partial charge in [-0.2, -0.15) is 0 Å². The Balaban J connectivity index is 2.12. The topological polar surface area (TPSA) is 86.8 Å². The van der Waals surface area contributed by atoms with Crippen LogP contribution in [0.5, 0.6) is 0 Å². The number of carbonyl (C=O) groups is 2. The second-order valence-corrected chi connectivity index (χ2v) is 14.2. The summed E-state index contributed by atoms with van der Waals surface area (Å²) in [5.74, 6) is -0.895. The predicted octanol–water partition coefficient (Wildman–Crippen LogP) is 6.84. The molecule has 0 saturated carbocycles. The maximum Gasteiger partial charge on any atom is 0.264 e. The molecule has 1 unspecified atom stereocenters. The van der Waals surface area contributed by atoms with Crippen LogP contribution in [0.25, 0.3) is 0 Å². The molecule has 0 saturated heterocycles. The summed E-state index contributed by atoms with van der Waals surface area (Å²) >= 11 is 12.6. The van der Waals surface area contributed by atoms with Gasteiger partial charge < -0.3 is 10.2 Å². The maximum absolute atomic E-state index is 14.2. The average molecular weight is 633 g/mol. The lowest BCUT2D eigenvalue weighted by atomic mass is 10.1. The Morgan fingerprint density at radius 3 is 2.10 bits per heavy atom. The molecule has 0 aliphatic rings. The smallest absolute Gasteiger partial charge is 0.264 e. The van der Waals surface area contributed by atoms with E-state index in [2.05, 4.69) is 5.32 Å². The number of halogens is 2. The van der Waals surface area contributed by atoms with Crippen molar-refractivity contribution in [3.63, 3.8) is 0 Å². The van der Waals surface area contributed by atoms with Crippen molar-refractivity contribution in [2.75, 3.05) is 10.8 Å². The van der Waals surface area contributed by atoms with Crippen LogP contribution < -0.4 is 9.62 Å². The normalized spacial score (nSPS) is 12.5. The van der Waals surface area contributed by atoms with Crippen LogP contribution in [0.3, 0.4) is 0 Å². The maximum atomic E-state index is 14.2. The molecular formula is C32H39Cl2N3O4S. The largest absolute Gasteiger partial charge is 0.350 e. The van der Waals surface area contributed by atoms with Crippen LogP contribution in [0.4, 0.5) is 5.69 Å². The summed E-state index contributed by atoms with van der Waals surface area (Å²) in [6.07, 6.45) is 0.299. The van der Waals surface area contributed by atoms with Crippen LogP contribution in [0.2, 0.25) is 10.0 Å². The number of hydrogen-bond donors (Lipinski definition) is 1. The first-order valence-corrected chi connectivity index (χ1v) is 15.9. The molecule has 0 spiro atoms. The Bertz CT molecular complexity index is 1550. The van der Waals surface area contributed by atoms with E-state index in [9.17, 15) is 18.0 Å². The zero-order valence-corrected chi connectivity index (χ0v) is 27.5. The van der Waals surface area contributed by atoms with Crippen molar-refractivity contribution >= 4 is 50.7 Å². The number of carbonyl (C=O) groups excluding carboxylic acids is 2. The van der Waals surface area contributed by atoms with Gasteiger partial charge in [0.1, 0.15) is 12.6 Å². The van der Waals surface area contributed by atoms with Gasteiger partial charge in [-0.15, -0.1) is 0 Å². The summed E-state index contributed by atoms with van der Waals surface area (Å²) < 4.78 is 29.2. The van der Waals surface area contributed by atoms with Crippen molar-refractivity contribution in [2.24, 2.45) is 0 Å². The molecule has 0 fully saturated rings. The molecule has 0 aliphatic carbocycles. The van der Waals surface area contributed by atoms with Gasteiger partial charge in [0.25, 0.3) is 10.0 Å². The summed E-state index contributed by atoms with van der Waals surface area (Å²) in [7, 11) is -4.16. The second kappa shape index (κ2) is 13.5. The van der Waals surface area contributed by atoms with Gasteiger partial charge in [-0.1, -0.05) is 60.0 Å². The molecule has 0 bridgehead atoms. The van der Waals surface area contributed by atoms with E-state index in [1.165, 1.54) is 17.0 Å². The molecule has 7 nitrogen and oxygen atoms in total. The van der Waals surface area contributed by atoms with E-state index in [-0.39, 0.29) is 17.3 Å². The molecule has 0 aliphatic heterocycles.